The lowest BCUT2D eigenvalue weighted by Gasteiger charge is -2.33. The molecule has 3 aromatic heterocycles. The van der Waals surface area contributed by atoms with E-state index in [2.05, 4.69) is 15.2 Å². The third-order valence-corrected chi connectivity index (χ3v) is 5.54. The Labute approximate surface area is 166 Å². The van der Waals surface area contributed by atoms with Gasteiger partial charge in [0.05, 0.1) is 17.1 Å². The van der Waals surface area contributed by atoms with E-state index in [1.807, 2.05) is 19.2 Å². The molecule has 1 fully saturated rings. The number of nitrogens with zero attached hydrogens (tertiary/aromatic N) is 5. The first-order valence-corrected chi connectivity index (χ1v) is 9.76. The van der Waals surface area contributed by atoms with Gasteiger partial charge in [-0.3, -0.25) is 9.48 Å². The van der Waals surface area contributed by atoms with Gasteiger partial charge in [-0.2, -0.15) is 5.10 Å². The number of hydrogen-bond donors (Lipinski definition) is 0. The van der Waals surface area contributed by atoms with Gasteiger partial charge in [0.2, 0.25) is 5.91 Å². The van der Waals surface area contributed by atoms with Gasteiger partial charge < -0.3 is 9.42 Å². The Balaban J connectivity index is 1.53. The maximum Gasteiger partial charge on any atom is 0.264 e. The molecule has 7 nitrogen and oxygen atoms in total. The molecule has 4 heterocycles. The number of halogens is 2. The van der Waals surface area contributed by atoms with Crippen LogP contribution in [0.3, 0.4) is 0 Å². The molecule has 1 amide bonds. The number of aryl methyl sites for hydroxylation is 1. The van der Waals surface area contributed by atoms with E-state index < -0.39 is 6.43 Å². The minimum atomic E-state index is -2.64. The number of piperidine rings is 1. The first kappa shape index (κ1) is 19.5. The molecular formula is C20H23F2N5O2. The van der Waals surface area contributed by atoms with E-state index in [0.717, 1.165) is 12.8 Å². The molecule has 4 rings (SSSR count). The summed E-state index contributed by atoms with van der Waals surface area (Å²) in [4.78, 5) is 19.0. The van der Waals surface area contributed by atoms with Crippen LogP contribution in [0.25, 0.3) is 11.1 Å². The van der Waals surface area contributed by atoms with Gasteiger partial charge >= 0.3 is 0 Å². The van der Waals surface area contributed by atoms with Gasteiger partial charge in [0, 0.05) is 49.1 Å². The number of fused-ring (bicyclic) bond motifs is 1. The highest BCUT2D eigenvalue weighted by Gasteiger charge is 2.29. The zero-order valence-electron chi connectivity index (χ0n) is 16.4. The van der Waals surface area contributed by atoms with Crippen LogP contribution in [0, 0.1) is 6.92 Å². The smallest absolute Gasteiger partial charge is 0.264 e. The van der Waals surface area contributed by atoms with Gasteiger partial charge in [-0.15, -0.1) is 0 Å². The van der Waals surface area contributed by atoms with Gasteiger partial charge in [0.1, 0.15) is 0 Å². The molecule has 29 heavy (non-hydrogen) atoms. The van der Waals surface area contributed by atoms with Crippen LogP contribution in [-0.4, -0.2) is 43.8 Å². The molecule has 2 atom stereocenters. The maximum absolute atomic E-state index is 13.6. The minimum Gasteiger partial charge on any atom is -0.342 e. The van der Waals surface area contributed by atoms with Gasteiger partial charge in [-0.1, -0.05) is 5.16 Å². The molecule has 1 aliphatic rings. The molecular weight excluding hydrogens is 380 g/mol. The summed E-state index contributed by atoms with van der Waals surface area (Å²) in [5.74, 6) is -0.0802. The molecule has 0 aliphatic carbocycles. The van der Waals surface area contributed by atoms with Crippen LogP contribution in [0.15, 0.2) is 29.0 Å². The van der Waals surface area contributed by atoms with Crippen molar-refractivity contribution in [2.75, 3.05) is 13.1 Å². The summed E-state index contributed by atoms with van der Waals surface area (Å²) in [5, 5.41) is 8.24. The zero-order chi connectivity index (χ0) is 20.5. The van der Waals surface area contributed by atoms with Gasteiger partial charge in [-0.05, 0) is 38.8 Å². The van der Waals surface area contributed by atoms with Crippen LogP contribution < -0.4 is 0 Å². The lowest BCUT2D eigenvalue weighted by molar-refractivity contribution is -0.133. The molecule has 9 heteroatoms. The Morgan fingerprint density at radius 1 is 1.41 bits per heavy atom. The number of carbonyl (C=O) groups excluding carboxylic acids is 1. The number of alkyl halides is 2. The number of amides is 1. The Kier molecular flexibility index (Phi) is 5.29. The molecule has 0 unspecified atom stereocenters. The second-order valence-corrected chi connectivity index (χ2v) is 7.60. The first-order valence-electron chi connectivity index (χ1n) is 9.76. The lowest BCUT2D eigenvalue weighted by atomic mass is 9.92. The van der Waals surface area contributed by atoms with E-state index in [1.165, 1.54) is 6.07 Å². The SMILES string of the molecule is Cc1noc2nc([C@H]3CCCN(C(=O)C[C@@H](C)n4cccn4)C3)cc(C(F)F)c12. The Morgan fingerprint density at radius 3 is 2.97 bits per heavy atom. The quantitative estimate of drug-likeness (QED) is 0.643. The summed E-state index contributed by atoms with van der Waals surface area (Å²) in [7, 11) is 0. The van der Waals surface area contributed by atoms with E-state index >= 15 is 0 Å². The average molecular weight is 403 g/mol. The molecule has 0 bridgehead atoms. The molecule has 0 saturated carbocycles. The van der Waals surface area contributed by atoms with E-state index in [4.69, 9.17) is 4.52 Å². The van der Waals surface area contributed by atoms with Gasteiger partial charge in [0.25, 0.3) is 12.1 Å². The predicted octanol–water partition coefficient (Wildman–Crippen LogP) is 4.02. The van der Waals surface area contributed by atoms with Crippen molar-refractivity contribution in [3.05, 3.63) is 41.5 Å². The van der Waals surface area contributed by atoms with E-state index in [9.17, 15) is 13.6 Å². The van der Waals surface area contributed by atoms with E-state index in [0.29, 0.717) is 30.9 Å². The van der Waals surface area contributed by atoms with Crippen LogP contribution in [0.5, 0.6) is 0 Å². The molecule has 0 aromatic carbocycles. The molecule has 1 aliphatic heterocycles. The van der Waals surface area contributed by atoms with Crippen LogP contribution >= 0.6 is 0 Å². The van der Waals surface area contributed by atoms with Crippen molar-refractivity contribution in [3.63, 3.8) is 0 Å². The van der Waals surface area contributed by atoms with Gasteiger partial charge in [0.15, 0.2) is 0 Å². The zero-order valence-corrected chi connectivity index (χ0v) is 16.4. The number of likely N-dealkylation sites (tertiary alicyclic amines) is 1. The first-order chi connectivity index (χ1) is 13.9. The highest BCUT2D eigenvalue weighted by molar-refractivity contribution is 5.80. The Morgan fingerprint density at radius 2 is 2.24 bits per heavy atom. The highest BCUT2D eigenvalue weighted by atomic mass is 19.3. The largest absolute Gasteiger partial charge is 0.342 e. The molecule has 0 N–H and O–H groups in total. The lowest BCUT2D eigenvalue weighted by Crippen LogP contribution is -2.40. The fraction of sp³-hybridized carbons (Fsp3) is 0.500. The molecule has 0 spiro atoms. The number of carbonyl (C=O) groups is 1. The number of rotatable bonds is 5. The molecule has 0 radical (unpaired) electrons. The van der Waals surface area contributed by atoms with Crippen molar-refractivity contribution in [1.29, 1.82) is 0 Å². The second-order valence-electron chi connectivity index (χ2n) is 7.60. The highest BCUT2D eigenvalue weighted by Crippen LogP contribution is 2.34. The van der Waals surface area contributed by atoms with Crippen molar-refractivity contribution in [2.24, 2.45) is 0 Å². The predicted molar refractivity (Wildman–Crippen MR) is 102 cm³/mol. The van der Waals surface area contributed by atoms with Crippen LogP contribution in [-0.2, 0) is 4.79 Å². The number of aromatic nitrogens is 4. The molecule has 154 valence electrons. The van der Waals surface area contributed by atoms with Crippen molar-refractivity contribution in [1.82, 2.24) is 24.8 Å². The fourth-order valence-corrected chi connectivity index (χ4v) is 3.99. The summed E-state index contributed by atoms with van der Waals surface area (Å²) in [6.45, 7) is 4.69. The second kappa shape index (κ2) is 7.88. The third kappa shape index (κ3) is 3.86. The van der Waals surface area contributed by atoms with Crippen molar-refractivity contribution < 1.29 is 18.1 Å². The summed E-state index contributed by atoms with van der Waals surface area (Å²) in [6.07, 6.45) is 2.80. The van der Waals surface area contributed by atoms with Crippen molar-refractivity contribution in [2.45, 2.75) is 51.5 Å². The van der Waals surface area contributed by atoms with Crippen molar-refractivity contribution >= 4 is 17.0 Å². The third-order valence-electron chi connectivity index (χ3n) is 5.54. The van der Waals surface area contributed by atoms with Crippen molar-refractivity contribution in [3.8, 4) is 0 Å². The Bertz CT molecular complexity index is 1000. The normalized spacial score (nSPS) is 18.5. The molecule has 3 aromatic rings. The average Bonchev–Trinajstić information content (AvgIpc) is 3.38. The Hall–Kier alpha value is -2.84. The van der Waals surface area contributed by atoms with Crippen LogP contribution in [0.4, 0.5) is 8.78 Å². The fourth-order valence-electron chi connectivity index (χ4n) is 3.99. The number of hydrogen-bond acceptors (Lipinski definition) is 5. The number of pyridine rings is 1. The van der Waals surface area contributed by atoms with E-state index in [1.54, 1.807) is 22.7 Å². The summed E-state index contributed by atoms with van der Waals surface area (Å²) >= 11 is 0. The van der Waals surface area contributed by atoms with E-state index in [-0.39, 0.29) is 34.5 Å². The maximum atomic E-state index is 13.6. The summed E-state index contributed by atoms with van der Waals surface area (Å²) in [5.41, 5.74) is 0.953. The summed E-state index contributed by atoms with van der Waals surface area (Å²) in [6, 6.07) is 3.23. The topological polar surface area (TPSA) is 77.0 Å². The summed E-state index contributed by atoms with van der Waals surface area (Å²) < 4.78 is 34.1. The van der Waals surface area contributed by atoms with Crippen LogP contribution in [0.2, 0.25) is 0 Å². The van der Waals surface area contributed by atoms with Gasteiger partial charge in [-0.25, -0.2) is 13.8 Å². The van der Waals surface area contributed by atoms with Crippen LogP contribution in [0.1, 0.15) is 61.5 Å². The monoisotopic (exact) mass is 403 g/mol. The minimum absolute atomic E-state index is 0.0309. The standard InChI is InChI=1S/C20H23F2N5O2/c1-12(27-8-4-6-23-27)9-17(28)26-7-3-5-14(11-26)16-10-15(19(21)22)18-13(2)25-29-20(18)24-16/h4,6,8,10,12,14,19H,3,5,7,9,11H2,1-2H3/t12-,14+/m1/s1. The molecule has 1 saturated heterocycles.